The van der Waals surface area contributed by atoms with E-state index in [1.807, 2.05) is 94.4 Å². The highest BCUT2D eigenvalue weighted by molar-refractivity contribution is 6.56. The molecule has 4 aromatic rings. The topological polar surface area (TPSA) is 69.7 Å². The summed E-state index contributed by atoms with van der Waals surface area (Å²) in [6, 6.07) is 28.6. The first-order valence-corrected chi connectivity index (χ1v) is 13.7. The first-order valence-electron chi connectivity index (χ1n) is 13.7. The maximum Gasteiger partial charge on any atom is 0.492 e. The van der Waals surface area contributed by atoms with Crippen LogP contribution in [-0.2, 0) is 14.0 Å². The van der Waals surface area contributed by atoms with Crippen molar-refractivity contribution in [2.45, 2.75) is 44.8 Å². The van der Waals surface area contributed by atoms with Crippen LogP contribution in [0.25, 0.3) is 28.1 Å². The van der Waals surface area contributed by atoms with E-state index in [9.17, 15) is 4.79 Å². The highest BCUT2D eigenvalue weighted by atomic mass is 16.7. The molecule has 6 nitrogen and oxygen atoms in total. The Balaban J connectivity index is 1.19. The molecule has 0 saturated carbocycles. The van der Waals surface area contributed by atoms with Gasteiger partial charge in [0, 0.05) is 17.8 Å². The van der Waals surface area contributed by atoms with Gasteiger partial charge >= 0.3 is 13.2 Å². The van der Waals surface area contributed by atoms with Gasteiger partial charge in [-0.1, -0.05) is 72.8 Å². The van der Waals surface area contributed by atoms with Crippen LogP contribution in [0.1, 0.15) is 50.4 Å². The third-order valence-corrected chi connectivity index (χ3v) is 8.29. The van der Waals surface area contributed by atoms with Crippen LogP contribution in [0.4, 0.5) is 4.79 Å². The number of fused-ring (bicyclic) bond motifs is 4. The molecule has 1 saturated heterocycles. The molecule has 1 aliphatic carbocycles. The van der Waals surface area contributed by atoms with E-state index in [4.69, 9.17) is 19.0 Å². The van der Waals surface area contributed by atoms with E-state index in [1.54, 1.807) is 0 Å². The molecule has 7 heteroatoms. The third kappa shape index (κ3) is 4.91. The van der Waals surface area contributed by atoms with Gasteiger partial charge in [-0.05, 0) is 73.6 Å². The van der Waals surface area contributed by atoms with Crippen LogP contribution in [0, 0.1) is 0 Å². The van der Waals surface area contributed by atoms with Gasteiger partial charge in [0.25, 0.3) is 0 Å². The zero-order chi connectivity index (χ0) is 27.9. The number of nitrogens with one attached hydrogen (secondary N) is 1. The van der Waals surface area contributed by atoms with Gasteiger partial charge in [0.1, 0.15) is 6.61 Å². The van der Waals surface area contributed by atoms with E-state index < -0.39 is 24.4 Å². The lowest BCUT2D eigenvalue weighted by Crippen LogP contribution is -2.41. The van der Waals surface area contributed by atoms with Gasteiger partial charge in [0.15, 0.2) is 0 Å². The van der Waals surface area contributed by atoms with E-state index in [1.165, 1.54) is 22.3 Å². The summed E-state index contributed by atoms with van der Waals surface area (Å²) in [7, 11) is -0.632. The minimum absolute atomic E-state index is 0.00180. The fraction of sp³-hybridized carbons (Fsp3) is 0.273. The monoisotopic (exact) mass is 532 g/mol. The normalized spacial score (nSPS) is 17.5. The van der Waals surface area contributed by atoms with Gasteiger partial charge in [0.2, 0.25) is 0 Å². The molecule has 202 valence electrons. The van der Waals surface area contributed by atoms with Crippen molar-refractivity contribution in [3.63, 3.8) is 0 Å². The number of hydrogen-bond donors (Lipinski definition) is 1. The van der Waals surface area contributed by atoms with Crippen molar-refractivity contribution in [1.82, 2.24) is 10.3 Å². The highest BCUT2D eigenvalue weighted by Crippen LogP contribution is 2.44. The lowest BCUT2D eigenvalue weighted by atomic mass is 9.77. The Kier molecular flexibility index (Phi) is 6.73. The quantitative estimate of drug-likeness (QED) is 0.277. The van der Waals surface area contributed by atoms with Crippen LogP contribution >= 0.6 is 0 Å². The first-order chi connectivity index (χ1) is 19.2. The summed E-state index contributed by atoms with van der Waals surface area (Å²) in [5, 5.41) is 3.99. The molecule has 3 aromatic carbocycles. The number of aromatic nitrogens is 1. The van der Waals surface area contributed by atoms with E-state index in [0.717, 1.165) is 22.1 Å². The van der Waals surface area contributed by atoms with Gasteiger partial charge in [0.05, 0.1) is 22.4 Å². The molecule has 1 aliphatic heterocycles. The summed E-state index contributed by atoms with van der Waals surface area (Å²) in [5.41, 5.74) is 6.13. The van der Waals surface area contributed by atoms with Gasteiger partial charge < -0.3 is 19.4 Å². The van der Waals surface area contributed by atoms with E-state index >= 15 is 0 Å². The lowest BCUT2D eigenvalue weighted by Gasteiger charge is -2.32. The van der Waals surface area contributed by atoms with Gasteiger partial charge in [-0.3, -0.25) is 0 Å². The van der Waals surface area contributed by atoms with Crippen molar-refractivity contribution in [2.75, 3.05) is 13.2 Å². The number of ether oxygens (including phenoxy) is 1. The van der Waals surface area contributed by atoms with Gasteiger partial charge in [-0.25, -0.2) is 9.78 Å². The third-order valence-electron chi connectivity index (χ3n) is 8.29. The minimum Gasteiger partial charge on any atom is -0.449 e. The number of para-hydroxylation sites is 1. The Morgan fingerprint density at radius 2 is 1.48 bits per heavy atom. The Bertz CT molecular complexity index is 1550. The van der Waals surface area contributed by atoms with Crippen LogP contribution in [0.5, 0.6) is 0 Å². The molecule has 1 fully saturated rings. The molecule has 1 amide bonds. The van der Waals surface area contributed by atoms with Crippen LogP contribution < -0.4 is 5.32 Å². The van der Waals surface area contributed by atoms with E-state index in [0.29, 0.717) is 0 Å². The summed E-state index contributed by atoms with van der Waals surface area (Å²) >= 11 is 0. The van der Waals surface area contributed by atoms with E-state index in [-0.39, 0.29) is 19.1 Å². The van der Waals surface area contributed by atoms with Crippen LogP contribution in [0.15, 0.2) is 90.4 Å². The Hall–Kier alpha value is -3.94. The largest absolute Gasteiger partial charge is 0.492 e. The fourth-order valence-electron chi connectivity index (χ4n) is 5.37. The number of hydrogen-bond acceptors (Lipinski definition) is 5. The lowest BCUT2D eigenvalue weighted by molar-refractivity contribution is 0.00578. The molecule has 1 N–H and O–H groups in total. The molecule has 0 atom stereocenters. The molecule has 1 aromatic heterocycles. The predicted molar refractivity (Wildman–Crippen MR) is 159 cm³/mol. The zero-order valence-electron chi connectivity index (χ0n) is 23.3. The molecule has 40 heavy (non-hydrogen) atoms. The molecular weight excluding hydrogens is 499 g/mol. The SMILES string of the molecule is CC1(C)OB(C(=Cc2ccc3ccccc3n2)CNC(=O)OCC2c3ccccc3-c3ccccc32)OC1(C)C. The van der Waals surface area contributed by atoms with Crippen molar-refractivity contribution in [3.05, 3.63) is 107 Å². The fourth-order valence-corrected chi connectivity index (χ4v) is 5.37. The zero-order valence-corrected chi connectivity index (χ0v) is 23.3. The van der Waals surface area contributed by atoms with Crippen molar-refractivity contribution < 1.29 is 18.8 Å². The number of benzene rings is 3. The van der Waals surface area contributed by atoms with E-state index in [2.05, 4.69) is 29.6 Å². The second-order valence-electron chi connectivity index (χ2n) is 11.4. The number of carbonyl (C=O) groups excluding carboxylic acids is 1. The van der Waals surface area contributed by atoms with Crippen molar-refractivity contribution in [1.29, 1.82) is 0 Å². The highest BCUT2D eigenvalue weighted by Gasteiger charge is 2.52. The summed E-state index contributed by atoms with van der Waals surface area (Å²) < 4.78 is 18.4. The number of pyridine rings is 1. The number of nitrogens with zero attached hydrogens (tertiary/aromatic N) is 1. The number of rotatable bonds is 6. The summed E-state index contributed by atoms with van der Waals surface area (Å²) in [6.07, 6.45) is 1.44. The Labute approximate surface area is 235 Å². The predicted octanol–water partition coefficient (Wildman–Crippen LogP) is 6.79. The molecule has 2 aliphatic rings. The van der Waals surface area contributed by atoms with Crippen molar-refractivity contribution in [3.8, 4) is 11.1 Å². The molecule has 0 unspecified atom stereocenters. The molecule has 2 heterocycles. The van der Waals surface area contributed by atoms with Crippen LogP contribution in [0.2, 0.25) is 0 Å². The summed E-state index contributed by atoms with van der Waals surface area (Å²) in [5.74, 6) is -0.00180. The van der Waals surface area contributed by atoms with Crippen LogP contribution in [-0.4, -0.2) is 42.5 Å². The Morgan fingerprint density at radius 1 is 0.875 bits per heavy atom. The summed E-state index contributed by atoms with van der Waals surface area (Å²) in [6.45, 7) is 8.50. The molecule has 0 bridgehead atoms. The maximum absolute atomic E-state index is 13.0. The van der Waals surface area contributed by atoms with Gasteiger partial charge in [-0.15, -0.1) is 0 Å². The molecular formula is C33H33BN2O4. The average Bonchev–Trinajstić information content (AvgIpc) is 3.38. The summed E-state index contributed by atoms with van der Waals surface area (Å²) in [4.78, 5) is 17.8. The maximum atomic E-state index is 13.0. The number of alkyl carbamates (subject to hydrolysis) is 1. The van der Waals surface area contributed by atoms with Crippen molar-refractivity contribution >= 4 is 30.2 Å². The average molecular weight is 532 g/mol. The second-order valence-corrected chi connectivity index (χ2v) is 11.4. The Morgan fingerprint density at radius 3 is 2.15 bits per heavy atom. The van der Waals surface area contributed by atoms with Crippen LogP contribution in [0.3, 0.4) is 0 Å². The minimum atomic E-state index is -0.632. The van der Waals surface area contributed by atoms with Crippen molar-refractivity contribution in [2.24, 2.45) is 0 Å². The molecule has 0 spiro atoms. The molecule has 0 radical (unpaired) electrons. The smallest absolute Gasteiger partial charge is 0.449 e. The molecule has 6 rings (SSSR count). The standard InChI is InChI=1S/C33H33BN2O4/c1-32(2)33(3,4)40-34(39-32)23(19-24-18-17-22-11-5-10-16-30(22)36-24)20-35-31(37)38-21-29-27-14-8-6-12-25(27)26-13-7-9-15-28(26)29/h5-19,29H,20-21H2,1-4H3,(H,35,37). The van der Waals surface area contributed by atoms with Gasteiger partial charge in [-0.2, -0.15) is 0 Å². The number of carbonyl (C=O) groups is 1. The second kappa shape index (κ2) is 10.2. The first kappa shape index (κ1) is 26.3. The number of amides is 1.